The minimum absolute atomic E-state index is 0.254. The van der Waals surface area contributed by atoms with Gasteiger partial charge in [0.05, 0.1) is 22.4 Å². The van der Waals surface area contributed by atoms with E-state index < -0.39 is 0 Å². The lowest BCUT2D eigenvalue weighted by atomic mass is 9.81. The van der Waals surface area contributed by atoms with E-state index in [4.69, 9.17) is 0 Å². The summed E-state index contributed by atoms with van der Waals surface area (Å²) in [6, 6.07) is 89.0. The fourth-order valence-electron chi connectivity index (χ4n) is 10.7. The molecule has 2 nitrogen and oxygen atoms in total. The lowest BCUT2D eigenvalue weighted by Gasteiger charge is -2.34. The number of hydrogen-bond acceptors (Lipinski definition) is 1. The zero-order chi connectivity index (χ0) is 43.5. The summed E-state index contributed by atoms with van der Waals surface area (Å²) in [5.41, 5.74) is 21.4. The number of rotatable bonds is 8. The molecule has 65 heavy (non-hydrogen) atoms. The Kier molecular flexibility index (Phi) is 9.21. The number of nitrogens with zero attached hydrogens (tertiary/aromatic N) is 2. The molecule has 308 valence electrons. The van der Waals surface area contributed by atoms with Gasteiger partial charge in [0, 0.05) is 33.1 Å². The Bertz CT molecular complexity index is 3560. The van der Waals surface area contributed by atoms with Crippen molar-refractivity contribution >= 4 is 38.9 Å². The fraction of sp³-hybridized carbons (Fsp3) is 0.0476. The summed E-state index contributed by atoms with van der Waals surface area (Å²) in [4.78, 5) is 2.55. The topological polar surface area (TPSA) is 8.17 Å². The van der Waals surface area contributed by atoms with Crippen LogP contribution in [-0.2, 0) is 5.41 Å². The Labute approximate surface area is 381 Å². The molecule has 0 fully saturated rings. The first-order chi connectivity index (χ1) is 32.0. The van der Waals surface area contributed by atoms with Gasteiger partial charge in [-0.3, -0.25) is 0 Å². The lowest BCUT2D eigenvalue weighted by molar-refractivity contribution is 0.661. The van der Waals surface area contributed by atoms with Gasteiger partial charge in [-0.15, -0.1) is 0 Å². The molecule has 2 heteroatoms. The van der Waals surface area contributed by atoms with Crippen LogP contribution >= 0.6 is 0 Å². The Morgan fingerprint density at radius 3 is 1.66 bits per heavy atom. The highest BCUT2D eigenvalue weighted by atomic mass is 15.1. The van der Waals surface area contributed by atoms with Gasteiger partial charge in [0.15, 0.2) is 0 Å². The van der Waals surface area contributed by atoms with Crippen LogP contribution < -0.4 is 4.90 Å². The van der Waals surface area contributed by atoms with E-state index in [-0.39, 0.29) is 5.41 Å². The molecule has 0 N–H and O–H groups in total. The highest BCUT2D eigenvalue weighted by Crippen LogP contribution is 2.56. The van der Waals surface area contributed by atoms with E-state index in [1.807, 2.05) is 0 Å². The van der Waals surface area contributed by atoms with E-state index in [2.05, 4.69) is 266 Å². The summed E-state index contributed by atoms with van der Waals surface area (Å²) in [6.45, 7) is 4.78. The summed E-state index contributed by atoms with van der Waals surface area (Å²) < 4.78 is 2.39. The third kappa shape index (κ3) is 6.32. The molecule has 11 aromatic rings. The average Bonchev–Trinajstić information content (AvgIpc) is 3.83. The van der Waals surface area contributed by atoms with Crippen molar-refractivity contribution in [3.8, 4) is 61.3 Å². The van der Waals surface area contributed by atoms with Gasteiger partial charge in [0.1, 0.15) is 0 Å². The average molecular weight is 831 g/mol. The molecule has 1 heterocycles. The largest absolute Gasteiger partial charge is 0.309 e. The molecular weight excluding hydrogens is 785 g/mol. The van der Waals surface area contributed by atoms with E-state index in [1.54, 1.807) is 0 Å². The third-order valence-electron chi connectivity index (χ3n) is 13.6. The quantitative estimate of drug-likeness (QED) is 0.148. The van der Waals surface area contributed by atoms with Gasteiger partial charge >= 0.3 is 0 Å². The Morgan fingerprint density at radius 2 is 0.892 bits per heavy atom. The second-order valence-electron chi connectivity index (χ2n) is 17.7. The number of fused-ring (bicyclic) bond motifs is 6. The van der Waals surface area contributed by atoms with Crippen molar-refractivity contribution in [2.45, 2.75) is 19.3 Å². The second-order valence-corrected chi connectivity index (χ2v) is 17.7. The molecule has 10 aromatic carbocycles. The summed E-state index contributed by atoms with van der Waals surface area (Å²) in [6.07, 6.45) is 0. The molecule has 1 aromatic heterocycles. The van der Waals surface area contributed by atoms with Crippen LogP contribution in [0.25, 0.3) is 83.1 Å². The maximum Gasteiger partial charge on any atom is 0.0546 e. The van der Waals surface area contributed by atoms with Gasteiger partial charge in [0.2, 0.25) is 0 Å². The second kappa shape index (κ2) is 15.6. The van der Waals surface area contributed by atoms with Crippen molar-refractivity contribution in [3.05, 3.63) is 254 Å². The molecule has 0 saturated carbocycles. The van der Waals surface area contributed by atoms with Crippen molar-refractivity contribution in [1.29, 1.82) is 0 Å². The van der Waals surface area contributed by atoms with Crippen LogP contribution in [0, 0.1) is 0 Å². The number of aromatic nitrogens is 1. The van der Waals surface area contributed by atoms with E-state index in [9.17, 15) is 0 Å². The van der Waals surface area contributed by atoms with Crippen molar-refractivity contribution in [1.82, 2.24) is 4.57 Å². The molecule has 0 spiro atoms. The predicted octanol–water partition coefficient (Wildman–Crippen LogP) is 17.2. The van der Waals surface area contributed by atoms with Crippen LogP contribution in [0.5, 0.6) is 0 Å². The number of para-hydroxylation sites is 2. The molecule has 0 radical (unpaired) electrons. The Morgan fingerprint density at radius 1 is 0.354 bits per heavy atom. The standard InChI is InChI=1S/C63H46N2/c1-63(2)56-35-16-14-30-51(56)54-34-20-38-60(62(54)63)65(59-37-19-33-50(44-23-8-4-9-24-44)61(59)53-32-13-12-29-49(53)43-21-6-3-7-22-43)48-28-18-25-45(41-48)46-39-40-58-55(42-46)52-31-15-17-36-57(52)64(58)47-26-10-5-11-27-47/h3-42H,1-2H3. The van der Waals surface area contributed by atoms with Gasteiger partial charge in [-0.25, -0.2) is 0 Å². The molecule has 0 bridgehead atoms. The minimum atomic E-state index is -0.254. The number of hydrogen-bond donors (Lipinski definition) is 0. The van der Waals surface area contributed by atoms with E-state index in [0.29, 0.717) is 0 Å². The van der Waals surface area contributed by atoms with Gasteiger partial charge in [0.25, 0.3) is 0 Å². The van der Waals surface area contributed by atoms with E-state index in [0.717, 1.165) is 22.6 Å². The lowest BCUT2D eigenvalue weighted by Crippen LogP contribution is -2.21. The highest BCUT2D eigenvalue weighted by molar-refractivity contribution is 6.11. The normalized spacial score (nSPS) is 12.6. The first-order valence-electron chi connectivity index (χ1n) is 22.6. The highest BCUT2D eigenvalue weighted by Gasteiger charge is 2.39. The van der Waals surface area contributed by atoms with Crippen LogP contribution in [0.3, 0.4) is 0 Å². The predicted molar refractivity (Wildman–Crippen MR) is 275 cm³/mol. The van der Waals surface area contributed by atoms with Gasteiger partial charge < -0.3 is 9.47 Å². The SMILES string of the molecule is CC1(C)c2ccccc2-c2cccc(N(c3cccc(-c4ccc5c(c4)c4ccccc4n5-c4ccccc4)c3)c3cccc(-c4ccccc4)c3-c3ccccc3-c3ccccc3)c21. The van der Waals surface area contributed by atoms with Crippen LogP contribution in [-0.4, -0.2) is 4.57 Å². The molecule has 0 atom stereocenters. The first kappa shape index (κ1) is 38.5. The summed E-state index contributed by atoms with van der Waals surface area (Å²) >= 11 is 0. The van der Waals surface area contributed by atoms with Crippen LogP contribution in [0.1, 0.15) is 25.0 Å². The summed E-state index contributed by atoms with van der Waals surface area (Å²) in [5.74, 6) is 0. The summed E-state index contributed by atoms with van der Waals surface area (Å²) in [5, 5.41) is 2.48. The maximum atomic E-state index is 2.55. The van der Waals surface area contributed by atoms with Crippen molar-refractivity contribution in [3.63, 3.8) is 0 Å². The minimum Gasteiger partial charge on any atom is -0.309 e. The molecule has 1 aliphatic rings. The Hall–Kier alpha value is -8.20. The van der Waals surface area contributed by atoms with Gasteiger partial charge in [-0.1, -0.05) is 202 Å². The zero-order valence-corrected chi connectivity index (χ0v) is 36.5. The van der Waals surface area contributed by atoms with E-state index in [1.165, 1.54) is 88.7 Å². The van der Waals surface area contributed by atoms with Gasteiger partial charge in [-0.2, -0.15) is 0 Å². The first-order valence-corrected chi connectivity index (χ1v) is 22.6. The fourth-order valence-corrected chi connectivity index (χ4v) is 10.7. The number of benzene rings is 10. The van der Waals surface area contributed by atoms with E-state index >= 15 is 0 Å². The van der Waals surface area contributed by atoms with Gasteiger partial charge in [-0.05, 0) is 116 Å². The monoisotopic (exact) mass is 830 g/mol. The molecule has 0 saturated heterocycles. The smallest absolute Gasteiger partial charge is 0.0546 e. The van der Waals surface area contributed by atoms with Crippen LogP contribution in [0.4, 0.5) is 17.1 Å². The van der Waals surface area contributed by atoms with Crippen molar-refractivity contribution in [2.75, 3.05) is 4.90 Å². The molecule has 0 unspecified atom stereocenters. The molecular formula is C63H46N2. The van der Waals surface area contributed by atoms with Crippen molar-refractivity contribution < 1.29 is 0 Å². The van der Waals surface area contributed by atoms with Crippen LogP contribution in [0.15, 0.2) is 243 Å². The molecule has 0 amide bonds. The summed E-state index contributed by atoms with van der Waals surface area (Å²) in [7, 11) is 0. The number of anilines is 3. The third-order valence-corrected chi connectivity index (χ3v) is 13.6. The zero-order valence-electron chi connectivity index (χ0n) is 36.5. The molecule has 12 rings (SSSR count). The molecule has 0 aliphatic heterocycles. The maximum absolute atomic E-state index is 2.55. The molecule has 1 aliphatic carbocycles. The Balaban J connectivity index is 1.13. The van der Waals surface area contributed by atoms with Crippen LogP contribution in [0.2, 0.25) is 0 Å². The van der Waals surface area contributed by atoms with Crippen molar-refractivity contribution in [2.24, 2.45) is 0 Å².